The smallest absolute Gasteiger partial charge is 0.138 e. The third kappa shape index (κ3) is 1.43. The molecule has 0 amide bonds. The Morgan fingerprint density at radius 1 is 1.31 bits per heavy atom. The molecule has 2 N–H and O–H groups in total. The van der Waals surface area contributed by atoms with E-state index in [-0.39, 0.29) is 5.82 Å². The summed E-state index contributed by atoms with van der Waals surface area (Å²) in [6.07, 6.45) is 1.32. The van der Waals surface area contributed by atoms with Gasteiger partial charge in [0, 0.05) is 15.0 Å². The van der Waals surface area contributed by atoms with Crippen LogP contribution in [0.3, 0.4) is 0 Å². The van der Waals surface area contributed by atoms with E-state index < -0.39 is 0 Å². The fourth-order valence-corrected chi connectivity index (χ4v) is 1.54. The normalized spacial score (nSPS) is 10.6. The lowest BCUT2D eigenvalue weighted by Gasteiger charge is -2.00. The Hall–Kier alpha value is -0.980. The number of benzene rings is 1. The molecule has 3 nitrogen and oxygen atoms in total. The molecule has 0 aliphatic heterocycles. The Labute approximate surface area is 87.3 Å². The van der Waals surface area contributed by atoms with Crippen LogP contribution < -0.4 is 5.73 Å². The van der Waals surface area contributed by atoms with Gasteiger partial charge in [0.05, 0.1) is 5.52 Å². The molecule has 2 aromatic rings. The highest BCUT2D eigenvalue weighted by Crippen LogP contribution is 2.21. The van der Waals surface area contributed by atoms with E-state index in [2.05, 4.69) is 9.97 Å². The highest BCUT2D eigenvalue weighted by molar-refractivity contribution is 14.1. The Morgan fingerprint density at radius 2 is 2.08 bits per heavy atom. The van der Waals surface area contributed by atoms with Crippen LogP contribution in [0.5, 0.6) is 0 Å². The van der Waals surface area contributed by atoms with Gasteiger partial charge in [-0.05, 0) is 28.7 Å². The van der Waals surface area contributed by atoms with E-state index in [1.54, 1.807) is 6.07 Å². The number of aromatic nitrogens is 2. The Balaban J connectivity index is 2.89. The molecule has 1 aromatic carbocycles. The lowest BCUT2D eigenvalue weighted by molar-refractivity contribution is 0.622. The van der Waals surface area contributed by atoms with Gasteiger partial charge in [0.25, 0.3) is 0 Å². The quantitative estimate of drug-likeness (QED) is 0.754. The van der Waals surface area contributed by atoms with E-state index in [1.165, 1.54) is 12.4 Å². The molecule has 5 heteroatoms. The lowest BCUT2D eigenvalue weighted by Crippen LogP contribution is -1.94. The molecule has 0 saturated carbocycles. The number of rotatable bonds is 0. The maximum atomic E-state index is 13.1. The van der Waals surface area contributed by atoms with Gasteiger partial charge in [-0.15, -0.1) is 0 Å². The lowest BCUT2D eigenvalue weighted by atomic mass is 10.2. The molecule has 0 radical (unpaired) electrons. The van der Waals surface area contributed by atoms with Gasteiger partial charge in [0.15, 0.2) is 0 Å². The molecule has 1 aromatic heterocycles. The molecule has 0 saturated heterocycles. The molecular formula is C8H5FIN3. The SMILES string of the molecule is Nc1ncnc2cc(F)c(I)cc12. The van der Waals surface area contributed by atoms with Crippen molar-refractivity contribution in [2.24, 2.45) is 0 Å². The van der Waals surface area contributed by atoms with Gasteiger partial charge >= 0.3 is 0 Å². The largest absolute Gasteiger partial charge is 0.383 e. The number of hydrogen-bond donors (Lipinski definition) is 1. The molecule has 0 aliphatic rings. The molecular weight excluding hydrogens is 284 g/mol. The summed E-state index contributed by atoms with van der Waals surface area (Å²) in [6.45, 7) is 0. The molecule has 0 fully saturated rings. The van der Waals surface area contributed by atoms with Gasteiger partial charge in [0.2, 0.25) is 0 Å². The van der Waals surface area contributed by atoms with E-state index in [1.807, 2.05) is 22.6 Å². The molecule has 0 aliphatic carbocycles. The molecule has 13 heavy (non-hydrogen) atoms. The van der Waals surface area contributed by atoms with Gasteiger partial charge < -0.3 is 5.73 Å². The van der Waals surface area contributed by atoms with Crippen molar-refractivity contribution in [3.05, 3.63) is 27.8 Å². The van der Waals surface area contributed by atoms with Crippen LogP contribution in [0.25, 0.3) is 10.9 Å². The van der Waals surface area contributed by atoms with Crippen molar-refractivity contribution in [2.45, 2.75) is 0 Å². The number of hydrogen-bond acceptors (Lipinski definition) is 3. The van der Waals surface area contributed by atoms with Crippen molar-refractivity contribution in [1.29, 1.82) is 0 Å². The summed E-state index contributed by atoms with van der Waals surface area (Å²) in [7, 11) is 0. The van der Waals surface area contributed by atoms with E-state index in [0.717, 1.165) is 0 Å². The second kappa shape index (κ2) is 3.06. The Morgan fingerprint density at radius 3 is 2.85 bits per heavy atom. The topological polar surface area (TPSA) is 51.8 Å². The average Bonchev–Trinajstić information content (AvgIpc) is 2.09. The fourth-order valence-electron chi connectivity index (χ4n) is 1.07. The Bertz CT molecular complexity index is 472. The molecule has 0 bridgehead atoms. The summed E-state index contributed by atoms with van der Waals surface area (Å²) in [5.41, 5.74) is 6.13. The molecule has 0 spiro atoms. The zero-order valence-corrected chi connectivity index (χ0v) is 8.62. The van der Waals surface area contributed by atoms with Gasteiger partial charge in [-0.3, -0.25) is 0 Å². The first-order chi connectivity index (χ1) is 6.18. The molecule has 66 valence electrons. The molecule has 1 heterocycles. The van der Waals surface area contributed by atoms with Crippen LogP contribution in [0.2, 0.25) is 0 Å². The first-order valence-corrected chi connectivity index (χ1v) is 4.61. The second-order valence-corrected chi connectivity index (χ2v) is 3.70. The first-order valence-electron chi connectivity index (χ1n) is 3.53. The summed E-state index contributed by atoms with van der Waals surface area (Å²) < 4.78 is 13.6. The summed E-state index contributed by atoms with van der Waals surface area (Å²) >= 11 is 1.90. The van der Waals surface area contributed by atoms with Crippen LogP contribution in [-0.4, -0.2) is 9.97 Å². The maximum absolute atomic E-state index is 13.1. The van der Waals surface area contributed by atoms with E-state index in [9.17, 15) is 4.39 Å². The van der Waals surface area contributed by atoms with Crippen LogP contribution in [-0.2, 0) is 0 Å². The maximum Gasteiger partial charge on any atom is 0.138 e. The second-order valence-electron chi connectivity index (χ2n) is 2.54. The zero-order valence-electron chi connectivity index (χ0n) is 6.46. The zero-order chi connectivity index (χ0) is 9.42. The van der Waals surface area contributed by atoms with Crippen LogP contribution in [0.1, 0.15) is 0 Å². The number of anilines is 1. The summed E-state index contributed by atoms with van der Waals surface area (Å²) in [5, 5.41) is 0.688. The summed E-state index contributed by atoms with van der Waals surface area (Å²) in [6, 6.07) is 3.00. The predicted octanol–water partition coefficient (Wildman–Crippen LogP) is 1.96. The van der Waals surface area contributed by atoms with Crippen molar-refractivity contribution < 1.29 is 4.39 Å². The summed E-state index contributed by atoms with van der Waals surface area (Å²) in [4.78, 5) is 7.73. The van der Waals surface area contributed by atoms with Crippen LogP contribution in [0.15, 0.2) is 18.5 Å². The van der Waals surface area contributed by atoms with Crippen molar-refractivity contribution >= 4 is 39.3 Å². The number of nitrogens with zero attached hydrogens (tertiary/aromatic N) is 2. The fraction of sp³-hybridized carbons (Fsp3) is 0. The van der Waals surface area contributed by atoms with E-state index in [0.29, 0.717) is 20.3 Å². The average molecular weight is 289 g/mol. The highest BCUT2D eigenvalue weighted by Gasteiger charge is 2.05. The van der Waals surface area contributed by atoms with E-state index in [4.69, 9.17) is 5.73 Å². The van der Waals surface area contributed by atoms with Gasteiger partial charge in [-0.2, -0.15) is 0 Å². The summed E-state index contributed by atoms with van der Waals surface area (Å²) in [5.74, 6) is 0.0918. The number of nitrogen functional groups attached to an aromatic ring is 1. The minimum absolute atomic E-state index is 0.286. The minimum atomic E-state index is -0.286. The van der Waals surface area contributed by atoms with Crippen LogP contribution >= 0.6 is 22.6 Å². The third-order valence-corrected chi connectivity index (χ3v) is 2.53. The first kappa shape index (κ1) is 8.61. The van der Waals surface area contributed by atoms with Crippen molar-refractivity contribution in [2.75, 3.05) is 5.73 Å². The highest BCUT2D eigenvalue weighted by atomic mass is 127. The van der Waals surface area contributed by atoms with Crippen molar-refractivity contribution in [1.82, 2.24) is 9.97 Å². The van der Waals surface area contributed by atoms with Crippen LogP contribution in [0, 0.1) is 9.39 Å². The van der Waals surface area contributed by atoms with Crippen molar-refractivity contribution in [3.8, 4) is 0 Å². The van der Waals surface area contributed by atoms with Crippen molar-refractivity contribution in [3.63, 3.8) is 0 Å². The molecule has 2 rings (SSSR count). The van der Waals surface area contributed by atoms with E-state index >= 15 is 0 Å². The number of halogens is 2. The minimum Gasteiger partial charge on any atom is -0.383 e. The predicted molar refractivity (Wildman–Crippen MR) is 56.6 cm³/mol. The van der Waals surface area contributed by atoms with Gasteiger partial charge in [-0.1, -0.05) is 0 Å². The van der Waals surface area contributed by atoms with Gasteiger partial charge in [-0.25, -0.2) is 14.4 Å². The number of nitrogens with two attached hydrogens (primary N) is 1. The van der Waals surface area contributed by atoms with Gasteiger partial charge in [0.1, 0.15) is 18.0 Å². The monoisotopic (exact) mass is 289 g/mol. The molecule has 0 atom stereocenters. The molecule has 0 unspecified atom stereocenters. The third-order valence-electron chi connectivity index (χ3n) is 1.71. The Kier molecular flexibility index (Phi) is 2.03. The standard InChI is InChI=1S/C8H5FIN3/c9-5-2-7-4(1-6(5)10)8(11)13-3-12-7/h1-3H,(H2,11,12,13). The van der Waals surface area contributed by atoms with Crippen LogP contribution in [0.4, 0.5) is 10.2 Å². The number of fused-ring (bicyclic) bond motifs is 1.